The van der Waals surface area contributed by atoms with Gasteiger partial charge in [-0.3, -0.25) is 9.69 Å². The SMILES string of the molecule is COc1cccc2c1OCC(CN1CCc3[nH]cnc3C1C(=O)O)=C2. The van der Waals surface area contributed by atoms with Gasteiger partial charge in [0.2, 0.25) is 0 Å². The fourth-order valence-electron chi connectivity index (χ4n) is 3.51. The fourth-order valence-corrected chi connectivity index (χ4v) is 3.51. The molecule has 0 aliphatic carbocycles. The van der Waals surface area contributed by atoms with Crippen LogP contribution in [0.5, 0.6) is 11.5 Å². The predicted octanol–water partition coefficient (Wildman–Crippen LogP) is 1.88. The number of carboxylic acids is 1. The Morgan fingerprint density at radius 2 is 2.40 bits per heavy atom. The number of nitrogens with zero attached hydrogens (tertiary/aromatic N) is 2. The third-order valence-electron chi connectivity index (χ3n) is 4.66. The first-order valence-corrected chi connectivity index (χ1v) is 8.15. The van der Waals surface area contributed by atoms with Crippen molar-refractivity contribution in [1.29, 1.82) is 0 Å². The molecule has 2 N–H and O–H groups in total. The van der Waals surface area contributed by atoms with E-state index in [0.717, 1.165) is 29.0 Å². The fraction of sp³-hybridized carbons (Fsp3) is 0.333. The van der Waals surface area contributed by atoms with Crippen LogP contribution in [0.1, 0.15) is 23.0 Å². The lowest BCUT2D eigenvalue weighted by molar-refractivity contribution is -0.144. The molecule has 0 bridgehead atoms. The number of aromatic nitrogens is 2. The summed E-state index contributed by atoms with van der Waals surface area (Å²) in [6.45, 7) is 1.61. The molecule has 0 spiro atoms. The van der Waals surface area contributed by atoms with Gasteiger partial charge < -0.3 is 19.6 Å². The zero-order valence-electron chi connectivity index (χ0n) is 13.9. The number of hydrogen-bond acceptors (Lipinski definition) is 5. The van der Waals surface area contributed by atoms with Crippen molar-refractivity contribution >= 4 is 12.0 Å². The summed E-state index contributed by atoms with van der Waals surface area (Å²) in [7, 11) is 1.62. The van der Waals surface area contributed by atoms with Crippen LogP contribution in [0, 0.1) is 0 Å². The Morgan fingerprint density at radius 3 is 3.20 bits per heavy atom. The number of hydrogen-bond donors (Lipinski definition) is 2. The van der Waals surface area contributed by atoms with E-state index in [1.54, 1.807) is 13.4 Å². The maximum atomic E-state index is 11.8. The van der Waals surface area contributed by atoms with E-state index in [0.29, 0.717) is 31.1 Å². The van der Waals surface area contributed by atoms with Crippen molar-refractivity contribution in [3.8, 4) is 11.5 Å². The van der Waals surface area contributed by atoms with Crippen LogP contribution in [0.2, 0.25) is 0 Å². The Labute approximate surface area is 144 Å². The molecule has 1 atom stereocenters. The standard InChI is InChI=1S/C18H19N3O4/c1-24-14-4-2-3-12-7-11(9-25-17(12)14)8-21-6-5-13-15(20-10-19-13)16(21)18(22)23/h2-4,7,10,16H,5-6,8-9H2,1H3,(H,19,20)(H,22,23). The highest BCUT2D eigenvalue weighted by molar-refractivity contribution is 5.76. The maximum Gasteiger partial charge on any atom is 0.327 e. The number of methoxy groups -OCH3 is 1. The van der Waals surface area contributed by atoms with Gasteiger partial charge in [-0.2, -0.15) is 0 Å². The van der Waals surface area contributed by atoms with Gasteiger partial charge in [0, 0.05) is 30.8 Å². The summed E-state index contributed by atoms with van der Waals surface area (Å²) < 4.78 is 11.2. The molecule has 2 aromatic rings. The monoisotopic (exact) mass is 341 g/mol. The number of aromatic amines is 1. The van der Waals surface area contributed by atoms with Crippen LogP contribution in [0.15, 0.2) is 30.1 Å². The number of aliphatic carboxylic acids is 1. The van der Waals surface area contributed by atoms with Gasteiger partial charge in [-0.05, 0) is 17.7 Å². The molecule has 1 aromatic carbocycles. The number of ether oxygens (including phenoxy) is 2. The minimum atomic E-state index is -0.882. The number of carbonyl (C=O) groups is 1. The second-order valence-corrected chi connectivity index (χ2v) is 6.20. The Hall–Kier alpha value is -2.80. The number of carboxylic acid groups (broad SMARTS) is 1. The van der Waals surface area contributed by atoms with Crippen molar-refractivity contribution in [3.05, 3.63) is 47.1 Å². The Bertz CT molecular complexity index is 843. The number of rotatable bonds is 4. The Morgan fingerprint density at radius 1 is 1.52 bits per heavy atom. The maximum absolute atomic E-state index is 11.8. The lowest BCUT2D eigenvalue weighted by Gasteiger charge is -2.33. The number of benzene rings is 1. The number of H-pyrrole nitrogens is 1. The van der Waals surface area contributed by atoms with Crippen LogP contribution in [0.3, 0.4) is 0 Å². The molecule has 2 aliphatic rings. The van der Waals surface area contributed by atoms with E-state index in [-0.39, 0.29) is 0 Å². The van der Waals surface area contributed by atoms with Crippen LogP contribution in [-0.2, 0) is 11.2 Å². The van der Waals surface area contributed by atoms with E-state index in [9.17, 15) is 9.90 Å². The molecule has 4 rings (SSSR count). The second kappa shape index (κ2) is 6.25. The molecular weight excluding hydrogens is 322 g/mol. The number of fused-ring (bicyclic) bond motifs is 2. The molecule has 1 unspecified atom stereocenters. The molecule has 7 nitrogen and oxygen atoms in total. The molecule has 7 heteroatoms. The number of para-hydroxylation sites is 1. The smallest absolute Gasteiger partial charge is 0.327 e. The van der Waals surface area contributed by atoms with Crippen molar-refractivity contribution in [1.82, 2.24) is 14.9 Å². The quantitative estimate of drug-likeness (QED) is 0.883. The van der Waals surface area contributed by atoms with Gasteiger partial charge in [0.1, 0.15) is 6.61 Å². The predicted molar refractivity (Wildman–Crippen MR) is 90.7 cm³/mol. The van der Waals surface area contributed by atoms with Crippen molar-refractivity contribution < 1.29 is 19.4 Å². The summed E-state index contributed by atoms with van der Waals surface area (Å²) >= 11 is 0. The molecule has 0 saturated heterocycles. The first kappa shape index (κ1) is 15.7. The summed E-state index contributed by atoms with van der Waals surface area (Å²) in [4.78, 5) is 21.0. The third-order valence-corrected chi connectivity index (χ3v) is 4.66. The average Bonchev–Trinajstić information content (AvgIpc) is 3.09. The molecule has 3 heterocycles. The second-order valence-electron chi connectivity index (χ2n) is 6.20. The van der Waals surface area contributed by atoms with E-state index < -0.39 is 12.0 Å². The molecule has 25 heavy (non-hydrogen) atoms. The Kier molecular flexibility index (Phi) is 3.93. The molecule has 0 amide bonds. The minimum absolute atomic E-state index is 0.420. The van der Waals surface area contributed by atoms with Crippen molar-refractivity contribution in [2.75, 3.05) is 26.8 Å². The van der Waals surface area contributed by atoms with Crippen molar-refractivity contribution in [2.45, 2.75) is 12.5 Å². The van der Waals surface area contributed by atoms with Crippen LogP contribution < -0.4 is 9.47 Å². The Balaban J connectivity index is 1.60. The molecule has 0 saturated carbocycles. The summed E-state index contributed by atoms with van der Waals surface area (Å²) in [5.74, 6) is 0.555. The van der Waals surface area contributed by atoms with Crippen LogP contribution in [-0.4, -0.2) is 52.7 Å². The van der Waals surface area contributed by atoms with Gasteiger partial charge in [-0.25, -0.2) is 4.98 Å². The van der Waals surface area contributed by atoms with E-state index in [1.807, 2.05) is 23.1 Å². The lowest BCUT2D eigenvalue weighted by atomic mass is 10.0. The van der Waals surface area contributed by atoms with E-state index >= 15 is 0 Å². The summed E-state index contributed by atoms with van der Waals surface area (Å²) in [6, 6.07) is 5.01. The molecular formula is C18H19N3O4. The van der Waals surface area contributed by atoms with Gasteiger partial charge in [0.15, 0.2) is 17.5 Å². The van der Waals surface area contributed by atoms with Crippen molar-refractivity contribution in [2.24, 2.45) is 0 Å². The lowest BCUT2D eigenvalue weighted by Crippen LogP contribution is -2.41. The van der Waals surface area contributed by atoms with Crippen LogP contribution in [0.25, 0.3) is 6.08 Å². The number of imidazole rings is 1. The first-order chi connectivity index (χ1) is 12.2. The van der Waals surface area contributed by atoms with E-state index in [4.69, 9.17) is 9.47 Å². The van der Waals surface area contributed by atoms with Crippen LogP contribution in [0.4, 0.5) is 0 Å². The molecule has 2 aliphatic heterocycles. The highest BCUT2D eigenvalue weighted by Crippen LogP contribution is 2.36. The van der Waals surface area contributed by atoms with Gasteiger partial charge in [-0.1, -0.05) is 12.1 Å². The topological polar surface area (TPSA) is 87.7 Å². The normalized spacial score (nSPS) is 19.4. The first-order valence-electron chi connectivity index (χ1n) is 8.15. The van der Waals surface area contributed by atoms with Gasteiger partial charge in [0.05, 0.1) is 19.1 Å². The van der Waals surface area contributed by atoms with Crippen LogP contribution >= 0.6 is 0 Å². The zero-order chi connectivity index (χ0) is 17.4. The molecule has 0 fully saturated rings. The highest BCUT2D eigenvalue weighted by Gasteiger charge is 2.35. The average molecular weight is 341 g/mol. The largest absolute Gasteiger partial charge is 0.493 e. The van der Waals surface area contributed by atoms with Gasteiger partial charge >= 0.3 is 5.97 Å². The summed E-state index contributed by atoms with van der Waals surface area (Å²) in [5.41, 5.74) is 3.50. The molecule has 130 valence electrons. The minimum Gasteiger partial charge on any atom is -0.493 e. The van der Waals surface area contributed by atoms with Crippen molar-refractivity contribution in [3.63, 3.8) is 0 Å². The zero-order valence-corrected chi connectivity index (χ0v) is 13.9. The molecule has 0 radical (unpaired) electrons. The third kappa shape index (κ3) is 2.76. The van der Waals surface area contributed by atoms with E-state index in [2.05, 4.69) is 16.0 Å². The summed E-state index contributed by atoms with van der Waals surface area (Å²) in [6.07, 6.45) is 4.38. The summed E-state index contributed by atoms with van der Waals surface area (Å²) in [5, 5.41) is 9.67. The van der Waals surface area contributed by atoms with Gasteiger partial charge in [0.25, 0.3) is 0 Å². The van der Waals surface area contributed by atoms with Gasteiger partial charge in [-0.15, -0.1) is 0 Å². The highest BCUT2D eigenvalue weighted by atomic mass is 16.5. The van der Waals surface area contributed by atoms with E-state index in [1.165, 1.54) is 0 Å². The number of nitrogens with one attached hydrogen (secondary N) is 1. The molecule has 1 aromatic heterocycles.